The molecule has 0 aliphatic carbocycles. The van der Waals surface area contributed by atoms with Crippen LogP contribution in [0.4, 0.5) is 0 Å². The fourth-order valence-corrected chi connectivity index (χ4v) is 0. The zero-order valence-corrected chi connectivity index (χ0v) is 6.85. The van der Waals surface area contributed by atoms with Gasteiger partial charge in [0.05, 0.1) is 7.11 Å². The molecular weight excluding hydrogens is 167 g/mol. The molecule has 2 nitrogen and oxygen atoms in total. The average molecular weight is 178 g/mol. The molecular formula is C4H11NOY-2. The molecule has 3 heteroatoms. The summed E-state index contributed by atoms with van der Waals surface area (Å²) in [5.41, 5.74) is 0. The van der Waals surface area contributed by atoms with Crippen molar-refractivity contribution in [1.29, 1.82) is 0 Å². The predicted octanol–water partition coefficient (Wildman–Crippen LogP) is 1.31. The van der Waals surface area contributed by atoms with E-state index in [0.29, 0.717) is 6.40 Å². The van der Waals surface area contributed by atoms with Crippen LogP contribution in [0, 0.1) is 7.43 Å². The van der Waals surface area contributed by atoms with Crippen molar-refractivity contribution in [3.8, 4) is 0 Å². The van der Waals surface area contributed by atoms with Crippen LogP contribution in [0.25, 0.3) is 5.41 Å². The summed E-state index contributed by atoms with van der Waals surface area (Å²) in [5, 5.41) is 7.53. The first-order chi connectivity index (χ1) is 1.91. The minimum Gasteiger partial charge on any atom is -0.778 e. The molecule has 1 radical (unpaired) electrons. The van der Waals surface area contributed by atoms with Crippen LogP contribution in [0.5, 0.6) is 0 Å². The van der Waals surface area contributed by atoms with Gasteiger partial charge in [-0.1, -0.05) is 7.43 Å². The summed E-state index contributed by atoms with van der Waals surface area (Å²) < 4.78 is 3.97. The molecule has 0 rings (SSSR count). The molecule has 0 amide bonds. The van der Waals surface area contributed by atoms with Crippen molar-refractivity contribution in [3.05, 3.63) is 12.8 Å². The van der Waals surface area contributed by atoms with Gasteiger partial charge >= 0.3 is 0 Å². The van der Waals surface area contributed by atoms with Crippen LogP contribution in [0.2, 0.25) is 0 Å². The summed E-state index contributed by atoms with van der Waals surface area (Å²) in [7, 11) is 1.38. The van der Waals surface area contributed by atoms with Crippen molar-refractivity contribution in [3.63, 3.8) is 0 Å². The van der Waals surface area contributed by atoms with Gasteiger partial charge in [-0.3, -0.25) is 0 Å². The van der Waals surface area contributed by atoms with E-state index >= 15 is 0 Å². The number of ether oxygens (including phenoxy) is 1. The van der Waals surface area contributed by atoms with Crippen molar-refractivity contribution in [2.75, 3.05) is 7.11 Å². The van der Waals surface area contributed by atoms with E-state index < -0.39 is 0 Å². The van der Waals surface area contributed by atoms with Crippen molar-refractivity contribution < 1.29 is 37.4 Å². The predicted molar refractivity (Wildman–Crippen MR) is 29.6 cm³/mol. The van der Waals surface area contributed by atoms with Gasteiger partial charge in [-0.2, -0.15) is 0 Å². The van der Waals surface area contributed by atoms with E-state index in [1.807, 2.05) is 0 Å². The third kappa shape index (κ3) is 55.5. The molecule has 0 atom stereocenters. The van der Waals surface area contributed by atoms with Gasteiger partial charge in [-0.05, 0) is 6.40 Å². The van der Waals surface area contributed by atoms with E-state index in [4.69, 9.17) is 5.41 Å². The standard InChI is InChI=1S/C2H4NO.CH4.CH3.Y/c1-4-2-3;;;/h2H,1H3;1H4;1H3;/q-1;;-1;. The normalized spacial score (nSPS) is 3.00. The first-order valence-corrected chi connectivity index (χ1v) is 0.902. The maximum atomic E-state index is 7.53. The maximum Gasteiger partial charge on any atom is 0.0738 e. The van der Waals surface area contributed by atoms with Gasteiger partial charge < -0.3 is 17.6 Å². The topological polar surface area (TPSA) is 31.5 Å². The zero-order chi connectivity index (χ0) is 3.41. The fourth-order valence-electron chi connectivity index (χ4n) is 0. The van der Waals surface area contributed by atoms with Gasteiger partial charge in [-0.15, -0.1) is 0 Å². The number of hydrogen-bond acceptors (Lipinski definition) is 1. The number of rotatable bonds is 1. The molecule has 0 aromatic rings. The van der Waals surface area contributed by atoms with Crippen molar-refractivity contribution >= 4 is 6.40 Å². The molecule has 7 heavy (non-hydrogen) atoms. The van der Waals surface area contributed by atoms with E-state index in [0.717, 1.165) is 0 Å². The number of methoxy groups -OCH3 is 1. The van der Waals surface area contributed by atoms with Crippen LogP contribution in [0.15, 0.2) is 0 Å². The Bertz CT molecular complexity index is 25.7. The monoisotopic (exact) mass is 178 g/mol. The van der Waals surface area contributed by atoms with E-state index in [1.165, 1.54) is 7.11 Å². The Labute approximate surface area is 71.0 Å². The van der Waals surface area contributed by atoms with Gasteiger partial charge in [0.1, 0.15) is 0 Å². The summed E-state index contributed by atoms with van der Waals surface area (Å²) in [6, 6.07) is 0. The molecule has 0 heterocycles. The third-order valence-electron chi connectivity index (χ3n) is 0.105. The van der Waals surface area contributed by atoms with Gasteiger partial charge in [0.2, 0.25) is 0 Å². The SMILES string of the molecule is C.COC=[N-].[CH3-].[Y]. The summed E-state index contributed by atoms with van der Waals surface area (Å²) >= 11 is 0. The van der Waals surface area contributed by atoms with E-state index in [1.54, 1.807) is 0 Å². The van der Waals surface area contributed by atoms with Crippen molar-refractivity contribution in [1.82, 2.24) is 0 Å². The van der Waals surface area contributed by atoms with Crippen molar-refractivity contribution in [2.45, 2.75) is 7.43 Å². The molecule has 0 unspecified atom stereocenters. The van der Waals surface area contributed by atoms with Crippen LogP contribution in [-0.2, 0) is 37.4 Å². The molecule has 0 aliphatic rings. The smallest absolute Gasteiger partial charge is 0.0738 e. The molecule has 0 spiro atoms. The summed E-state index contributed by atoms with van der Waals surface area (Å²) in [5.74, 6) is 0. The molecule has 0 saturated carbocycles. The van der Waals surface area contributed by atoms with E-state index in [-0.39, 0.29) is 47.6 Å². The molecule has 0 aliphatic heterocycles. The largest absolute Gasteiger partial charge is 0.778 e. The Kier molecular flexibility index (Phi) is 113. The van der Waals surface area contributed by atoms with Gasteiger partial charge in [0, 0.05) is 32.7 Å². The Morgan fingerprint density at radius 3 is 1.71 bits per heavy atom. The fraction of sp³-hybridized carbons (Fsp3) is 0.500. The van der Waals surface area contributed by atoms with E-state index in [9.17, 15) is 0 Å². The Morgan fingerprint density at radius 2 is 1.71 bits per heavy atom. The third-order valence-corrected chi connectivity index (χ3v) is 0.105. The summed E-state index contributed by atoms with van der Waals surface area (Å²) in [6.45, 7) is 0. The Morgan fingerprint density at radius 1 is 1.57 bits per heavy atom. The molecule has 0 saturated heterocycles. The second-order valence-corrected chi connectivity index (χ2v) is 0.341. The number of hydrogen-bond donors (Lipinski definition) is 0. The molecule has 43 valence electrons. The Balaban J connectivity index is -0.0000000150. The number of nitrogens with zero attached hydrogens (tertiary/aromatic N) is 1. The minimum atomic E-state index is 0. The van der Waals surface area contributed by atoms with Crippen LogP contribution < -0.4 is 0 Å². The van der Waals surface area contributed by atoms with Crippen LogP contribution >= 0.6 is 0 Å². The first kappa shape index (κ1) is 25.6. The quantitative estimate of drug-likeness (QED) is 0.338. The zero-order valence-electron chi connectivity index (χ0n) is 4.01. The molecule has 0 aromatic carbocycles. The second-order valence-electron chi connectivity index (χ2n) is 0.341. The summed E-state index contributed by atoms with van der Waals surface area (Å²) in [6.07, 6.45) is 0.625. The van der Waals surface area contributed by atoms with Gasteiger partial charge in [-0.25, -0.2) is 0 Å². The minimum absolute atomic E-state index is 0. The molecule has 0 N–H and O–H groups in total. The van der Waals surface area contributed by atoms with E-state index in [2.05, 4.69) is 4.74 Å². The Hall–Kier alpha value is 0.574. The van der Waals surface area contributed by atoms with Crippen LogP contribution in [0.1, 0.15) is 7.43 Å². The van der Waals surface area contributed by atoms with Crippen LogP contribution in [-0.4, -0.2) is 13.5 Å². The van der Waals surface area contributed by atoms with Gasteiger partial charge in [0.15, 0.2) is 0 Å². The second kappa shape index (κ2) is 30.8. The molecule has 0 fully saturated rings. The van der Waals surface area contributed by atoms with Crippen LogP contribution in [0.3, 0.4) is 0 Å². The van der Waals surface area contributed by atoms with Crippen molar-refractivity contribution in [2.24, 2.45) is 0 Å². The first-order valence-electron chi connectivity index (χ1n) is 0.902. The maximum absolute atomic E-state index is 7.53. The van der Waals surface area contributed by atoms with Gasteiger partial charge in [0.25, 0.3) is 0 Å². The average Bonchev–Trinajstić information content (AvgIpc) is 1.37. The molecule has 0 bridgehead atoms. The molecule has 0 aromatic heterocycles. The summed E-state index contributed by atoms with van der Waals surface area (Å²) in [4.78, 5) is 0.